The number of benzene rings is 1. The second-order valence-electron chi connectivity index (χ2n) is 6.12. The first-order valence-corrected chi connectivity index (χ1v) is 9.37. The van der Waals surface area contributed by atoms with Crippen molar-refractivity contribution in [2.45, 2.75) is 20.5 Å². The Morgan fingerprint density at radius 3 is 2.54 bits per heavy atom. The van der Waals surface area contributed by atoms with Crippen molar-refractivity contribution in [3.8, 4) is 33.4 Å². The largest absolute Gasteiger partial charge is 0.435 e. The van der Waals surface area contributed by atoms with E-state index in [0.29, 0.717) is 0 Å². The molecule has 0 N–H and O–H groups in total. The zero-order valence-electron chi connectivity index (χ0n) is 15.1. The van der Waals surface area contributed by atoms with Crippen LogP contribution in [0, 0.1) is 13.8 Å². The van der Waals surface area contributed by atoms with Crippen LogP contribution in [0.25, 0.3) is 27.6 Å². The molecule has 28 heavy (non-hydrogen) atoms. The molecule has 3 aromatic heterocycles. The molecule has 0 aliphatic rings. The molecule has 4 rings (SSSR count). The Morgan fingerprint density at radius 1 is 1.07 bits per heavy atom. The fraction of sp³-hybridized carbons (Fsp3) is 0.150. The van der Waals surface area contributed by atoms with E-state index in [2.05, 4.69) is 25.3 Å². The van der Waals surface area contributed by atoms with E-state index >= 15 is 0 Å². The molecule has 0 radical (unpaired) electrons. The minimum atomic E-state index is -2.83. The second kappa shape index (κ2) is 7.47. The average Bonchev–Trinajstić information content (AvgIpc) is 3.28. The molecular formula is C20H16F2N4OS. The molecule has 4 aromatic rings. The van der Waals surface area contributed by atoms with Crippen LogP contribution < -0.4 is 4.74 Å². The normalized spacial score (nSPS) is 11.2. The summed E-state index contributed by atoms with van der Waals surface area (Å²) in [4.78, 5) is 13.1. The number of aromatic nitrogens is 4. The smallest absolute Gasteiger partial charge is 0.387 e. The Morgan fingerprint density at radius 2 is 1.86 bits per heavy atom. The van der Waals surface area contributed by atoms with Crippen LogP contribution in [-0.4, -0.2) is 26.1 Å². The predicted octanol–water partition coefficient (Wildman–Crippen LogP) is 5.28. The lowest BCUT2D eigenvalue weighted by Crippen LogP contribution is -2.03. The van der Waals surface area contributed by atoms with Gasteiger partial charge in [0.25, 0.3) is 0 Å². The van der Waals surface area contributed by atoms with Gasteiger partial charge >= 0.3 is 6.61 Å². The quantitative estimate of drug-likeness (QED) is 0.459. The highest BCUT2D eigenvalue weighted by atomic mass is 32.1. The second-order valence-corrected chi connectivity index (χ2v) is 6.98. The minimum Gasteiger partial charge on any atom is -0.435 e. The lowest BCUT2D eigenvalue weighted by atomic mass is 10.2. The van der Waals surface area contributed by atoms with Crippen LogP contribution in [0.5, 0.6) is 5.75 Å². The molecule has 0 unspecified atom stereocenters. The molecule has 0 spiro atoms. The summed E-state index contributed by atoms with van der Waals surface area (Å²) in [7, 11) is 0. The molecule has 5 nitrogen and oxygen atoms in total. The number of rotatable bonds is 5. The molecule has 0 saturated carbocycles. The SMILES string of the molecule is Cc1cc(-c2csc(-c3cnccn3)n2)c(C)n1-c1ccc(OC(F)F)cc1. The van der Waals surface area contributed by atoms with Crippen molar-refractivity contribution in [1.82, 2.24) is 19.5 Å². The maximum absolute atomic E-state index is 12.3. The summed E-state index contributed by atoms with van der Waals surface area (Å²) in [5.74, 6) is 0.134. The summed E-state index contributed by atoms with van der Waals surface area (Å²) in [5.41, 5.74) is 5.51. The molecule has 0 aliphatic carbocycles. The number of hydrogen-bond donors (Lipinski definition) is 0. The Balaban J connectivity index is 1.68. The zero-order valence-corrected chi connectivity index (χ0v) is 16.0. The zero-order chi connectivity index (χ0) is 19.7. The van der Waals surface area contributed by atoms with Crippen molar-refractivity contribution in [2.75, 3.05) is 0 Å². The number of alkyl halides is 2. The Labute approximate surface area is 164 Å². The molecule has 0 atom stereocenters. The van der Waals surface area contributed by atoms with E-state index in [4.69, 9.17) is 4.98 Å². The van der Waals surface area contributed by atoms with E-state index in [1.165, 1.54) is 23.5 Å². The number of aryl methyl sites for hydroxylation is 1. The topological polar surface area (TPSA) is 52.8 Å². The third kappa shape index (κ3) is 3.50. The summed E-state index contributed by atoms with van der Waals surface area (Å²) in [5, 5.41) is 2.80. The van der Waals surface area contributed by atoms with Gasteiger partial charge < -0.3 is 9.30 Å². The maximum Gasteiger partial charge on any atom is 0.387 e. The highest BCUT2D eigenvalue weighted by Crippen LogP contribution is 2.33. The highest BCUT2D eigenvalue weighted by Gasteiger charge is 2.16. The van der Waals surface area contributed by atoms with Crippen LogP contribution in [0.2, 0.25) is 0 Å². The first kappa shape index (κ1) is 18.2. The van der Waals surface area contributed by atoms with E-state index in [-0.39, 0.29) is 5.75 Å². The van der Waals surface area contributed by atoms with Gasteiger partial charge in [-0.25, -0.2) is 4.98 Å². The van der Waals surface area contributed by atoms with Crippen molar-refractivity contribution >= 4 is 11.3 Å². The molecular weight excluding hydrogens is 382 g/mol. The number of hydrogen-bond acceptors (Lipinski definition) is 5. The molecule has 1 aromatic carbocycles. The van der Waals surface area contributed by atoms with Gasteiger partial charge in [0, 0.05) is 40.4 Å². The summed E-state index contributed by atoms with van der Waals surface area (Å²) >= 11 is 1.51. The number of ether oxygens (including phenoxy) is 1. The van der Waals surface area contributed by atoms with Gasteiger partial charge in [-0.15, -0.1) is 11.3 Å². The minimum absolute atomic E-state index is 0.134. The van der Waals surface area contributed by atoms with Gasteiger partial charge in [-0.1, -0.05) is 0 Å². The number of halogens is 2. The maximum atomic E-state index is 12.3. The molecule has 8 heteroatoms. The molecule has 0 amide bonds. The lowest BCUT2D eigenvalue weighted by Gasteiger charge is -2.11. The molecule has 142 valence electrons. The Hall–Kier alpha value is -3.13. The van der Waals surface area contributed by atoms with Crippen LogP contribution in [0.4, 0.5) is 8.78 Å². The van der Waals surface area contributed by atoms with Gasteiger partial charge in [-0.05, 0) is 44.2 Å². The lowest BCUT2D eigenvalue weighted by molar-refractivity contribution is -0.0498. The van der Waals surface area contributed by atoms with E-state index < -0.39 is 6.61 Å². The molecule has 3 heterocycles. The first-order chi connectivity index (χ1) is 13.5. The van der Waals surface area contributed by atoms with Crippen LogP contribution in [-0.2, 0) is 0 Å². The van der Waals surface area contributed by atoms with E-state index in [9.17, 15) is 8.78 Å². The van der Waals surface area contributed by atoms with Crippen LogP contribution in [0.1, 0.15) is 11.4 Å². The van der Waals surface area contributed by atoms with Crippen molar-refractivity contribution in [1.29, 1.82) is 0 Å². The van der Waals surface area contributed by atoms with Crippen LogP contribution in [0.3, 0.4) is 0 Å². The van der Waals surface area contributed by atoms with Crippen molar-refractivity contribution < 1.29 is 13.5 Å². The van der Waals surface area contributed by atoms with Gasteiger partial charge in [0.1, 0.15) is 16.5 Å². The molecule has 0 fully saturated rings. The highest BCUT2D eigenvalue weighted by molar-refractivity contribution is 7.13. The standard InChI is InChI=1S/C20H16F2N4OS/c1-12-9-16(18-11-28-19(25-18)17-10-23-7-8-24-17)13(2)26(12)14-3-5-15(6-4-14)27-20(21)22/h3-11,20H,1-2H3. The van der Waals surface area contributed by atoms with Gasteiger partial charge in [-0.2, -0.15) is 8.78 Å². The molecule has 0 bridgehead atoms. The van der Waals surface area contributed by atoms with Crippen LogP contribution in [0.15, 0.2) is 54.3 Å². The van der Waals surface area contributed by atoms with E-state index in [0.717, 1.165) is 39.0 Å². The number of thiazole rings is 1. The molecule has 0 saturated heterocycles. The number of nitrogens with zero attached hydrogens (tertiary/aromatic N) is 4. The Bertz CT molecular complexity index is 1090. The summed E-state index contributed by atoms with van der Waals surface area (Å²) < 4.78 is 31.2. The Kier molecular flexibility index (Phi) is 4.87. The first-order valence-electron chi connectivity index (χ1n) is 8.49. The van der Waals surface area contributed by atoms with Crippen molar-refractivity contribution in [3.05, 3.63) is 65.7 Å². The fourth-order valence-electron chi connectivity index (χ4n) is 3.12. The molecule has 0 aliphatic heterocycles. The van der Waals surface area contributed by atoms with Crippen molar-refractivity contribution in [3.63, 3.8) is 0 Å². The predicted molar refractivity (Wildman–Crippen MR) is 104 cm³/mol. The van der Waals surface area contributed by atoms with E-state index in [1.54, 1.807) is 30.7 Å². The van der Waals surface area contributed by atoms with Gasteiger partial charge in [0.05, 0.1) is 11.9 Å². The van der Waals surface area contributed by atoms with Crippen molar-refractivity contribution in [2.24, 2.45) is 0 Å². The summed E-state index contributed by atoms with van der Waals surface area (Å²) in [6, 6.07) is 8.65. The third-order valence-corrected chi connectivity index (χ3v) is 5.18. The van der Waals surface area contributed by atoms with Gasteiger partial charge in [0.2, 0.25) is 0 Å². The summed E-state index contributed by atoms with van der Waals surface area (Å²) in [6.07, 6.45) is 4.96. The van der Waals surface area contributed by atoms with Crippen LogP contribution >= 0.6 is 11.3 Å². The van der Waals surface area contributed by atoms with Gasteiger partial charge in [0.15, 0.2) is 0 Å². The third-order valence-electron chi connectivity index (χ3n) is 4.31. The fourth-order valence-corrected chi connectivity index (χ4v) is 3.90. The monoisotopic (exact) mass is 398 g/mol. The van der Waals surface area contributed by atoms with E-state index in [1.807, 2.05) is 19.2 Å². The summed E-state index contributed by atoms with van der Waals surface area (Å²) in [6.45, 7) is 1.17. The average molecular weight is 398 g/mol. The van der Waals surface area contributed by atoms with Gasteiger partial charge in [-0.3, -0.25) is 9.97 Å².